The molecule has 7 heteroatoms. The van der Waals surface area contributed by atoms with Crippen molar-refractivity contribution < 1.29 is 24.2 Å². The van der Waals surface area contributed by atoms with Crippen LogP contribution in [-0.2, 0) is 14.3 Å². The molecule has 2 amide bonds. The summed E-state index contributed by atoms with van der Waals surface area (Å²) in [6, 6.07) is -1.32. The van der Waals surface area contributed by atoms with Crippen molar-refractivity contribution in [1.29, 1.82) is 0 Å². The smallest absolute Gasteiger partial charge is 0.326 e. The van der Waals surface area contributed by atoms with Gasteiger partial charge in [-0.1, -0.05) is 13.8 Å². The van der Waals surface area contributed by atoms with Crippen molar-refractivity contribution in [2.45, 2.75) is 32.7 Å². The molecule has 0 aliphatic heterocycles. The SMILES string of the molecule is COCCOCCCNC(=O)N[C@H](CC(C)C)C(=O)O. The molecule has 3 N–H and O–H groups in total. The number of carboxylic acids is 1. The van der Waals surface area contributed by atoms with E-state index in [4.69, 9.17) is 14.6 Å². The number of carboxylic acid groups (broad SMARTS) is 1. The monoisotopic (exact) mass is 290 g/mol. The van der Waals surface area contributed by atoms with Crippen molar-refractivity contribution in [2.24, 2.45) is 5.92 Å². The summed E-state index contributed by atoms with van der Waals surface area (Å²) in [6.45, 7) is 5.85. The number of amides is 2. The number of ether oxygens (including phenoxy) is 2. The highest BCUT2D eigenvalue weighted by molar-refractivity contribution is 5.82. The van der Waals surface area contributed by atoms with Crippen molar-refractivity contribution in [2.75, 3.05) is 33.5 Å². The second-order valence-electron chi connectivity index (χ2n) is 4.88. The van der Waals surface area contributed by atoms with E-state index >= 15 is 0 Å². The van der Waals surface area contributed by atoms with Gasteiger partial charge in [0.15, 0.2) is 0 Å². The van der Waals surface area contributed by atoms with Gasteiger partial charge in [-0.2, -0.15) is 0 Å². The summed E-state index contributed by atoms with van der Waals surface area (Å²) in [7, 11) is 1.60. The van der Waals surface area contributed by atoms with E-state index in [1.807, 2.05) is 13.8 Å². The number of carbonyl (C=O) groups is 2. The number of methoxy groups -OCH3 is 1. The van der Waals surface area contributed by atoms with E-state index in [-0.39, 0.29) is 5.92 Å². The van der Waals surface area contributed by atoms with Gasteiger partial charge in [0.1, 0.15) is 6.04 Å². The molecule has 0 saturated carbocycles. The van der Waals surface area contributed by atoms with Gasteiger partial charge in [-0.15, -0.1) is 0 Å². The van der Waals surface area contributed by atoms with Gasteiger partial charge < -0.3 is 25.2 Å². The molecular formula is C13H26N2O5. The first-order valence-electron chi connectivity index (χ1n) is 6.81. The Bertz CT molecular complexity index is 284. The zero-order valence-corrected chi connectivity index (χ0v) is 12.5. The van der Waals surface area contributed by atoms with Crippen LogP contribution in [0.4, 0.5) is 4.79 Å². The first kappa shape index (κ1) is 18.7. The number of hydrogen-bond donors (Lipinski definition) is 3. The summed E-state index contributed by atoms with van der Waals surface area (Å²) >= 11 is 0. The Hall–Kier alpha value is -1.34. The summed E-state index contributed by atoms with van der Waals surface area (Å²) < 4.78 is 10.1. The van der Waals surface area contributed by atoms with E-state index in [1.54, 1.807) is 7.11 Å². The van der Waals surface area contributed by atoms with Crippen LogP contribution in [0.5, 0.6) is 0 Å². The Labute approximate surface area is 120 Å². The molecule has 0 unspecified atom stereocenters. The molecular weight excluding hydrogens is 264 g/mol. The van der Waals surface area contributed by atoms with Crippen LogP contribution in [0.25, 0.3) is 0 Å². The molecule has 0 bridgehead atoms. The molecule has 0 aromatic rings. The third-order valence-corrected chi connectivity index (χ3v) is 2.49. The fourth-order valence-electron chi connectivity index (χ4n) is 1.52. The predicted octanol–water partition coefficient (Wildman–Crippen LogP) is 0.838. The number of carbonyl (C=O) groups excluding carboxylic acids is 1. The van der Waals surface area contributed by atoms with Crippen molar-refractivity contribution in [3.63, 3.8) is 0 Å². The van der Waals surface area contributed by atoms with Gasteiger partial charge >= 0.3 is 12.0 Å². The molecule has 20 heavy (non-hydrogen) atoms. The Morgan fingerprint density at radius 1 is 1.20 bits per heavy atom. The number of urea groups is 1. The fraction of sp³-hybridized carbons (Fsp3) is 0.846. The van der Waals surface area contributed by atoms with Gasteiger partial charge in [0, 0.05) is 20.3 Å². The molecule has 0 aliphatic rings. The lowest BCUT2D eigenvalue weighted by Gasteiger charge is -2.16. The van der Waals surface area contributed by atoms with Crippen molar-refractivity contribution in [3.8, 4) is 0 Å². The molecule has 0 aromatic carbocycles. The van der Waals surface area contributed by atoms with Crippen LogP contribution < -0.4 is 10.6 Å². The molecule has 0 rings (SSSR count). The highest BCUT2D eigenvalue weighted by Crippen LogP contribution is 2.04. The maximum Gasteiger partial charge on any atom is 0.326 e. The lowest BCUT2D eigenvalue weighted by Crippen LogP contribution is -2.46. The Kier molecular flexibility index (Phi) is 10.7. The lowest BCUT2D eigenvalue weighted by molar-refractivity contribution is -0.139. The fourth-order valence-corrected chi connectivity index (χ4v) is 1.52. The minimum absolute atomic E-state index is 0.200. The zero-order valence-electron chi connectivity index (χ0n) is 12.5. The number of aliphatic carboxylic acids is 1. The second-order valence-corrected chi connectivity index (χ2v) is 4.88. The van der Waals surface area contributed by atoms with Crippen LogP contribution in [0.3, 0.4) is 0 Å². The molecule has 118 valence electrons. The molecule has 0 saturated heterocycles. The molecule has 0 heterocycles. The van der Waals surface area contributed by atoms with E-state index in [2.05, 4.69) is 10.6 Å². The minimum atomic E-state index is -1.02. The number of rotatable bonds is 11. The molecule has 0 fully saturated rings. The van der Waals surface area contributed by atoms with Crippen LogP contribution in [0.15, 0.2) is 0 Å². The van der Waals surface area contributed by atoms with E-state index in [1.165, 1.54) is 0 Å². The van der Waals surface area contributed by atoms with E-state index in [0.717, 1.165) is 0 Å². The third kappa shape index (κ3) is 10.6. The van der Waals surface area contributed by atoms with Gasteiger partial charge in [0.2, 0.25) is 0 Å². The van der Waals surface area contributed by atoms with Crippen LogP contribution in [0, 0.1) is 5.92 Å². The van der Waals surface area contributed by atoms with Crippen molar-refractivity contribution >= 4 is 12.0 Å². The highest BCUT2D eigenvalue weighted by atomic mass is 16.5. The topological polar surface area (TPSA) is 96.9 Å². The van der Waals surface area contributed by atoms with Crippen LogP contribution in [-0.4, -0.2) is 56.6 Å². The van der Waals surface area contributed by atoms with Gasteiger partial charge in [-0.05, 0) is 18.8 Å². The normalized spacial score (nSPS) is 12.2. The quantitative estimate of drug-likeness (QED) is 0.490. The predicted molar refractivity (Wildman–Crippen MR) is 74.7 cm³/mol. The average Bonchev–Trinajstić information content (AvgIpc) is 2.36. The van der Waals surface area contributed by atoms with Crippen molar-refractivity contribution in [3.05, 3.63) is 0 Å². The number of hydrogen-bond acceptors (Lipinski definition) is 4. The molecule has 1 atom stereocenters. The zero-order chi connectivity index (χ0) is 15.4. The second kappa shape index (κ2) is 11.5. The van der Waals surface area contributed by atoms with Crippen LogP contribution >= 0.6 is 0 Å². The maximum absolute atomic E-state index is 11.5. The molecule has 0 aliphatic carbocycles. The van der Waals surface area contributed by atoms with E-state index < -0.39 is 18.0 Å². The maximum atomic E-state index is 11.5. The van der Waals surface area contributed by atoms with E-state index in [0.29, 0.717) is 39.2 Å². The van der Waals surface area contributed by atoms with Gasteiger partial charge in [-0.25, -0.2) is 9.59 Å². The Morgan fingerprint density at radius 3 is 2.45 bits per heavy atom. The van der Waals surface area contributed by atoms with Crippen LogP contribution in [0.2, 0.25) is 0 Å². The average molecular weight is 290 g/mol. The van der Waals surface area contributed by atoms with Gasteiger partial charge in [0.25, 0.3) is 0 Å². The summed E-state index contributed by atoms with van der Waals surface area (Å²) in [5, 5.41) is 14.0. The Morgan fingerprint density at radius 2 is 1.90 bits per heavy atom. The largest absolute Gasteiger partial charge is 0.480 e. The summed E-state index contributed by atoms with van der Waals surface area (Å²) in [5.74, 6) is -0.817. The lowest BCUT2D eigenvalue weighted by atomic mass is 10.0. The standard InChI is InChI=1S/C13H26N2O5/c1-10(2)9-11(12(16)17)15-13(18)14-5-4-6-20-8-7-19-3/h10-11H,4-9H2,1-3H3,(H,16,17)(H2,14,15,18)/t11-/m1/s1. The minimum Gasteiger partial charge on any atom is -0.480 e. The molecule has 0 spiro atoms. The first-order chi connectivity index (χ1) is 9.47. The molecule has 7 nitrogen and oxygen atoms in total. The Balaban J connectivity index is 3.72. The van der Waals surface area contributed by atoms with Crippen molar-refractivity contribution in [1.82, 2.24) is 10.6 Å². The van der Waals surface area contributed by atoms with E-state index in [9.17, 15) is 9.59 Å². The van der Waals surface area contributed by atoms with Crippen LogP contribution in [0.1, 0.15) is 26.7 Å². The third-order valence-electron chi connectivity index (χ3n) is 2.49. The van der Waals surface area contributed by atoms with Gasteiger partial charge in [-0.3, -0.25) is 0 Å². The van der Waals surface area contributed by atoms with Gasteiger partial charge in [0.05, 0.1) is 13.2 Å². The highest BCUT2D eigenvalue weighted by Gasteiger charge is 2.20. The first-order valence-corrected chi connectivity index (χ1v) is 6.81. The summed E-state index contributed by atoms with van der Waals surface area (Å²) in [5.41, 5.74) is 0. The summed E-state index contributed by atoms with van der Waals surface area (Å²) in [6.07, 6.45) is 1.07. The molecule has 0 radical (unpaired) electrons. The summed E-state index contributed by atoms with van der Waals surface area (Å²) in [4.78, 5) is 22.5. The number of nitrogens with one attached hydrogen (secondary N) is 2. The molecule has 0 aromatic heterocycles.